The van der Waals surface area contributed by atoms with E-state index in [1.54, 1.807) is 0 Å². The van der Waals surface area contributed by atoms with Gasteiger partial charge in [-0.1, -0.05) is 0 Å². The average molecular weight is 209 g/mol. The highest BCUT2D eigenvalue weighted by Gasteiger charge is 2.20. The van der Waals surface area contributed by atoms with Crippen LogP contribution in [0.3, 0.4) is 0 Å². The van der Waals surface area contributed by atoms with Gasteiger partial charge in [0.1, 0.15) is 0 Å². The Kier molecular flexibility index (Phi) is 4.10. The van der Waals surface area contributed by atoms with Crippen LogP contribution in [-0.4, -0.2) is 37.0 Å². The van der Waals surface area contributed by atoms with Gasteiger partial charge in [-0.25, -0.2) is 0 Å². The predicted octanol–water partition coefficient (Wildman–Crippen LogP) is 0.748. The zero-order chi connectivity index (χ0) is 11.3. The van der Waals surface area contributed by atoms with Crippen molar-refractivity contribution in [3.8, 4) is 6.07 Å². The summed E-state index contributed by atoms with van der Waals surface area (Å²) in [5.74, 6) is 0.0993. The van der Waals surface area contributed by atoms with Crippen molar-refractivity contribution in [2.24, 2.45) is 5.41 Å². The first-order valence-corrected chi connectivity index (χ1v) is 5.44. The lowest BCUT2D eigenvalue weighted by atomic mass is 9.91. The van der Waals surface area contributed by atoms with Crippen LogP contribution < -0.4 is 5.32 Å². The minimum Gasteiger partial charge on any atom is -0.355 e. The molecule has 0 atom stereocenters. The fourth-order valence-electron chi connectivity index (χ4n) is 1.55. The van der Waals surface area contributed by atoms with Gasteiger partial charge in [-0.2, -0.15) is 5.26 Å². The van der Waals surface area contributed by atoms with Crippen molar-refractivity contribution < 1.29 is 4.79 Å². The van der Waals surface area contributed by atoms with Gasteiger partial charge in [0.25, 0.3) is 0 Å². The summed E-state index contributed by atoms with van der Waals surface area (Å²) in [5, 5.41) is 11.7. The van der Waals surface area contributed by atoms with E-state index < -0.39 is 0 Å². The summed E-state index contributed by atoms with van der Waals surface area (Å²) in [4.78, 5) is 13.4. The molecule has 1 heterocycles. The van der Waals surface area contributed by atoms with Gasteiger partial charge in [-0.3, -0.25) is 9.69 Å². The van der Waals surface area contributed by atoms with Crippen molar-refractivity contribution >= 4 is 5.91 Å². The Labute approximate surface area is 91.2 Å². The maximum atomic E-state index is 11.3. The smallest absolute Gasteiger partial charge is 0.234 e. The second-order valence-electron chi connectivity index (χ2n) is 4.73. The second-order valence-corrected chi connectivity index (χ2v) is 4.73. The highest BCUT2D eigenvalue weighted by Crippen LogP contribution is 2.19. The number of hydrogen-bond acceptors (Lipinski definition) is 3. The minimum absolute atomic E-state index is 0.0993. The lowest BCUT2D eigenvalue weighted by Crippen LogP contribution is -2.35. The van der Waals surface area contributed by atoms with Gasteiger partial charge >= 0.3 is 0 Å². The van der Waals surface area contributed by atoms with E-state index in [2.05, 4.69) is 16.3 Å². The summed E-state index contributed by atoms with van der Waals surface area (Å²) >= 11 is 0. The predicted molar refractivity (Wildman–Crippen MR) is 58.1 cm³/mol. The molecule has 0 radical (unpaired) electrons. The van der Waals surface area contributed by atoms with Crippen LogP contribution in [0.5, 0.6) is 0 Å². The third-order valence-corrected chi connectivity index (χ3v) is 2.70. The molecular formula is C11H19N3O. The number of carbonyl (C=O) groups is 1. The van der Waals surface area contributed by atoms with Gasteiger partial charge in [0.2, 0.25) is 5.91 Å². The maximum Gasteiger partial charge on any atom is 0.234 e. The molecule has 1 amide bonds. The molecule has 0 aromatic rings. The van der Waals surface area contributed by atoms with E-state index in [0.29, 0.717) is 6.54 Å². The van der Waals surface area contributed by atoms with Gasteiger partial charge in [0.15, 0.2) is 0 Å². The molecule has 1 N–H and O–H groups in total. The van der Waals surface area contributed by atoms with Crippen molar-refractivity contribution in [1.82, 2.24) is 10.2 Å². The van der Waals surface area contributed by atoms with Crippen molar-refractivity contribution in [3.63, 3.8) is 0 Å². The number of nitrogens with one attached hydrogen (secondary N) is 1. The first-order chi connectivity index (χ1) is 7.03. The van der Waals surface area contributed by atoms with Gasteiger partial charge in [0.05, 0.1) is 18.0 Å². The Balaban J connectivity index is 2.38. The summed E-state index contributed by atoms with van der Waals surface area (Å²) in [5.41, 5.74) is -0.289. The fraction of sp³-hybridized carbons (Fsp3) is 0.818. The van der Waals surface area contributed by atoms with Crippen LogP contribution in [-0.2, 0) is 4.79 Å². The highest BCUT2D eigenvalue weighted by atomic mass is 16.2. The molecule has 84 valence electrons. The number of rotatable bonds is 3. The number of carbonyl (C=O) groups excluding carboxylic acids is 1. The van der Waals surface area contributed by atoms with Crippen LogP contribution in [0.25, 0.3) is 0 Å². The molecule has 0 aromatic heterocycles. The molecule has 0 aromatic carbocycles. The molecule has 15 heavy (non-hydrogen) atoms. The van der Waals surface area contributed by atoms with Crippen LogP contribution in [0.4, 0.5) is 0 Å². The molecule has 0 bridgehead atoms. The number of nitrogens with zero attached hydrogens (tertiary/aromatic N) is 2. The third-order valence-electron chi connectivity index (χ3n) is 2.70. The quantitative estimate of drug-likeness (QED) is 0.746. The number of nitriles is 1. The first-order valence-electron chi connectivity index (χ1n) is 5.44. The van der Waals surface area contributed by atoms with E-state index in [1.807, 2.05) is 13.8 Å². The molecule has 0 aliphatic carbocycles. The molecule has 1 aliphatic heterocycles. The topological polar surface area (TPSA) is 56.1 Å². The van der Waals surface area contributed by atoms with Gasteiger partial charge in [0, 0.05) is 19.6 Å². The average Bonchev–Trinajstić information content (AvgIpc) is 2.40. The van der Waals surface area contributed by atoms with Gasteiger partial charge in [-0.05, 0) is 26.7 Å². The van der Waals surface area contributed by atoms with E-state index in [9.17, 15) is 4.79 Å². The molecule has 0 unspecified atom stereocenters. The van der Waals surface area contributed by atoms with Gasteiger partial charge < -0.3 is 5.32 Å². The Morgan fingerprint density at radius 2 is 2.33 bits per heavy atom. The second kappa shape index (κ2) is 5.13. The Bertz CT molecular complexity index is 267. The normalized spacial score (nSPS) is 19.1. The molecule has 1 fully saturated rings. The van der Waals surface area contributed by atoms with E-state index in [1.165, 1.54) is 0 Å². The van der Waals surface area contributed by atoms with E-state index in [4.69, 9.17) is 5.26 Å². The Morgan fingerprint density at radius 1 is 1.60 bits per heavy atom. The monoisotopic (exact) mass is 209 g/mol. The summed E-state index contributed by atoms with van der Waals surface area (Å²) in [6.45, 7) is 6.89. The molecule has 0 spiro atoms. The van der Waals surface area contributed by atoms with Crippen molar-refractivity contribution in [1.29, 1.82) is 5.26 Å². The molecular weight excluding hydrogens is 190 g/mol. The van der Waals surface area contributed by atoms with Crippen molar-refractivity contribution in [2.45, 2.75) is 26.7 Å². The summed E-state index contributed by atoms with van der Waals surface area (Å²) in [6, 6.07) is 2.28. The Morgan fingerprint density at radius 3 is 3.00 bits per heavy atom. The largest absolute Gasteiger partial charge is 0.355 e. The molecule has 4 nitrogen and oxygen atoms in total. The SMILES string of the molecule is CC(C)(C#N)CCN1CCCNC(=O)C1. The van der Waals surface area contributed by atoms with Crippen LogP contribution in [0, 0.1) is 16.7 Å². The van der Waals surface area contributed by atoms with Crippen molar-refractivity contribution in [2.75, 3.05) is 26.2 Å². The fourth-order valence-corrected chi connectivity index (χ4v) is 1.55. The highest BCUT2D eigenvalue weighted by molar-refractivity contribution is 5.78. The lowest BCUT2D eigenvalue weighted by molar-refractivity contribution is -0.121. The third kappa shape index (κ3) is 4.30. The van der Waals surface area contributed by atoms with E-state index in [-0.39, 0.29) is 11.3 Å². The number of amides is 1. The summed E-state index contributed by atoms with van der Waals surface area (Å²) < 4.78 is 0. The summed E-state index contributed by atoms with van der Waals surface area (Å²) in [7, 11) is 0. The minimum atomic E-state index is -0.289. The zero-order valence-electron chi connectivity index (χ0n) is 9.55. The van der Waals surface area contributed by atoms with Crippen LogP contribution in [0.2, 0.25) is 0 Å². The molecule has 1 aliphatic rings. The first kappa shape index (κ1) is 12.0. The van der Waals surface area contributed by atoms with Crippen LogP contribution >= 0.6 is 0 Å². The molecule has 1 saturated heterocycles. The summed E-state index contributed by atoms with van der Waals surface area (Å²) in [6.07, 6.45) is 1.81. The van der Waals surface area contributed by atoms with Crippen molar-refractivity contribution in [3.05, 3.63) is 0 Å². The Hall–Kier alpha value is -1.08. The van der Waals surface area contributed by atoms with E-state index >= 15 is 0 Å². The van der Waals surface area contributed by atoms with Gasteiger partial charge in [-0.15, -0.1) is 0 Å². The maximum absolute atomic E-state index is 11.3. The zero-order valence-corrected chi connectivity index (χ0v) is 9.55. The van der Waals surface area contributed by atoms with Crippen LogP contribution in [0.15, 0.2) is 0 Å². The number of hydrogen-bond donors (Lipinski definition) is 1. The standard InChI is InChI=1S/C11H19N3O/c1-11(2,9-12)4-7-14-6-3-5-13-10(15)8-14/h3-8H2,1-2H3,(H,13,15). The van der Waals surface area contributed by atoms with Crippen LogP contribution in [0.1, 0.15) is 26.7 Å². The lowest BCUT2D eigenvalue weighted by Gasteiger charge is -2.22. The molecule has 1 rings (SSSR count). The van der Waals surface area contributed by atoms with E-state index in [0.717, 1.165) is 32.5 Å². The molecule has 4 heteroatoms. The molecule has 0 saturated carbocycles.